The fourth-order valence-electron chi connectivity index (χ4n) is 2.19. The van der Waals surface area contributed by atoms with Crippen molar-refractivity contribution in [3.05, 3.63) is 17.7 Å². The number of hydrogen-bond donors (Lipinski definition) is 1. The fraction of sp³-hybridized carbons (Fsp3) is 0.667. The molecule has 1 aromatic rings. The number of ketones is 1. The largest absolute Gasteiger partial charge is 0.346 e. The zero-order chi connectivity index (χ0) is 10.7. The number of H-pyrrole nitrogens is 1. The van der Waals surface area contributed by atoms with E-state index >= 15 is 0 Å². The van der Waals surface area contributed by atoms with Gasteiger partial charge < -0.3 is 4.98 Å². The predicted octanol–water partition coefficient (Wildman–Crippen LogP) is 2.59. The Hall–Kier alpha value is -1.12. The van der Waals surface area contributed by atoms with E-state index in [-0.39, 0.29) is 0 Å². The van der Waals surface area contributed by atoms with Crippen LogP contribution in [0.3, 0.4) is 0 Å². The highest BCUT2D eigenvalue weighted by Crippen LogP contribution is 2.29. The quantitative estimate of drug-likeness (QED) is 0.826. The van der Waals surface area contributed by atoms with Crippen LogP contribution in [0.2, 0.25) is 0 Å². The number of carbonyl (C=O) groups excluding carboxylic acids is 1. The van der Waals surface area contributed by atoms with Crippen LogP contribution in [-0.4, -0.2) is 15.8 Å². The maximum atomic E-state index is 11.1. The summed E-state index contributed by atoms with van der Waals surface area (Å²) < 4.78 is 0. The lowest BCUT2D eigenvalue weighted by Crippen LogP contribution is -2.13. The molecule has 3 heteroatoms. The van der Waals surface area contributed by atoms with Gasteiger partial charge in [-0.1, -0.05) is 13.3 Å². The lowest BCUT2D eigenvalue weighted by Gasteiger charge is -2.18. The average molecular weight is 206 g/mol. The Balaban J connectivity index is 1.99. The Bertz CT molecular complexity index is 333. The van der Waals surface area contributed by atoms with Crippen LogP contribution in [0.25, 0.3) is 0 Å². The molecule has 0 saturated heterocycles. The van der Waals surface area contributed by atoms with Gasteiger partial charge in [-0.3, -0.25) is 4.79 Å². The summed E-state index contributed by atoms with van der Waals surface area (Å²) in [7, 11) is 0. The molecular weight excluding hydrogens is 188 g/mol. The summed E-state index contributed by atoms with van der Waals surface area (Å²) >= 11 is 0. The molecule has 1 N–H and O–H groups in total. The van der Waals surface area contributed by atoms with Gasteiger partial charge in [0.15, 0.2) is 0 Å². The number of imidazole rings is 1. The van der Waals surface area contributed by atoms with Crippen molar-refractivity contribution in [2.24, 2.45) is 0 Å². The molecule has 82 valence electrons. The molecule has 15 heavy (non-hydrogen) atoms. The van der Waals surface area contributed by atoms with E-state index < -0.39 is 0 Å². The van der Waals surface area contributed by atoms with Gasteiger partial charge in [-0.2, -0.15) is 0 Å². The SMILES string of the molecule is CCCc1cnc(C2CCC(=O)CC2)[nH]1. The van der Waals surface area contributed by atoms with Crippen LogP contribution < -0.4 is 0 Å². The van der Waals surface area contributed by atoms with Crippen molar-refractivity contribution in [1.82, 2.24) is 9.97 Å². The second-order valence-corrected chi connectivity index (χ2v) is 4.36. The predicted molar refractivity (Wildman–Crippen MR) is 58.8 cm³/mol. The molecule has 1 heterocycles. The van der Waals surface area contributed by atoms with Crippen LogP contribution in [-0.2, 0) is 11.2 Å². The third kappa shape index (κ3) is 2.46. The lowest BCUT2D eigenvalue weighted by molar-refractivity contribution is -0.120. The van der Waals surface area contributed by atoms with Crippen LogP contribution in [0.5, 0.6) is 0 Å². The first-order chi connectivity index (χ1) is 7.29. The lowest BCUT2D eigenvalue weighted by atomic mass is 9.88. The molecule has 3 nitrogen and oxygen atoms in total. The minimum atomic E-state index is 0.409. The molecule has 1 aliphatic carbocycles. The molecule has 0 radical (unpaired) electrons. The first-order valence-corrected chi connectivity index (χ1v) is 5.85. The van der Waals surface area contributed by atoms with Crippen LogP contribution in [0.15, 0.2) is 6.20 Å². The molecule has 1 aliphatic rings. The van der Waals surface area contributed by atoms with Gasteiger partial charge >= 0.3 is 0 Å². The number of nitrogens with zero attached hydrogens (tertiary/aromatic N) is 1. The maximum Gasteiger partial charge on any atom is 0.132 e. The summed E-state index contributed by atoms with van der Waals surface area (Å²) in [5, 5.41) is 0. The highest BCUT2D eigenvalue weighted by Gasteiger charge is 2.22. The number of aromatic amines is 1. The number of aromatic nitrogens is 2. The summed E-state index contributed by atoms with van der Waals surface area (Å²) in [6, 6.07) is 0. The Morgan fingerprint density at radius 2 is 2.20 bits per heavy atom. The minimum Gasteiger partial charge on any atom is -0.346 e. The molecule has 2 rings (SSSR count). The molecule has 0 aliphatic heterocycles. The summed E-state index contributed by atoms with van der Waals surface area (Å²) in [6.07, 6.45) is 7.55. The number of Topliss-reactive ketones (excluding diaryl/α,β-unsaturated/α-hetero) is 1. The van der Waals surface area contributed by atoms with E-state index in [1.165, 1.54) is 5.69 Å². The van der Waals surface area contributed by atoms with Crippen LogP contribution in [0.1, 0.15) is 56.5 Å². The Kier molecular flexibility index (Phi) is 3.19. The van der Waals surface area contributed by atoms with E-state index in [2.05, 4.69) is 16.9 Å². The van der Waals surface area contributed by atoms with E-state index in [1.807, 2.05) is 6.20 Å². The second-order valence-electron chi connectivity index (χ2n) is 4.36. The maximum absolute atomic E-state index is 11.1. The van der Waals surface area contributed by atoms with Gasteiger partial charge in [0.25, 0.3) is 0 Å². The van der Waals surface area contributed by atoms with Crippen molar-refractivity contribution < 1.29 is 4.79 Å². The molecule has 0 bridgehead atoms. The zero-order valence-corrected chi connectivity index (χ0v) is 9.25. The third-order valence-corrected chi connectivity index (χ3v) is 3.10. The molecular formula is C12H18N2O. The zero-order valence-electron chi connectivity index (χ0n) is 9.25. The van der Waals surface area contributed by atoms with E-state index in [0.29, 0.717) is 11.7 Å². The Labute approximate surface area is 90.3 Å². The standard InChI is InChI=1S/C12H18N2O/c1-2-3-10-8-13-12(14-10)9-4-6-11(15)7-5-9/h8-9H,2-7H2,1H3,(H,13,14). The summed E-state index contributed by atoms with van der Waals surface area (Å²) in [5.41, 5.74) is 1.23. The van der Waals surface area contributed by atoms with Gasteiger partial charge in [-0.25, -0.2) is 4.98 Å². The van der Waals surface area contributed by atoms with Gasteiger partial charge in [0.1, 0.15) is 11.6 Å². The first kappa shape index (κ1) is 10.4. The van der Waals surface area contributed by atoms with Crippen LogP contribution >= 0.6 is 0 Å². The van der Waals surface area contributed by atoms with E-state index in [9.17, 15) is 4.79 Å². The number of hydrogen-bond acceptors (Lipinski definition) is 2. The van der Waals surface area contributed by atoms with Crippen LogP contribution in [0, 0.1) is 0 Å². The van der Waals surface area contributed by atoms with Gasteiger partial charge in [0.2, 0.25) is 0 Å². The summed E-state index contributed by atoms with van der Waals surface area (Å²) in [6.45, 7) is 2.17. The van der Waals surface area contributed by atoms with Crippen molar-refractivity contribution in [1.29, 1.82) is 0 Å². The van der Waals surface area contributed by atoms with Crippen molar-refractivity contribution in [3.8, 4) is 0 Å². The highest BCUT2D eigenvalue weighted by molar-refractivity contribution is 5.79. The summed E-state index contributed by atoms with van der Waals surface area (Å²) in [5.74, 6) is 1.98. The first-order valence-electron chi connectivity index (χ1n) is 5.85. The number of nitrogens with one attached hydrogen (secondary N) is 1. The van der Waals surface area contributed by atoms with E-state index in [4.69, 9.17) is 0 Å². The van der Waals surface area contributed by atoms with Gasteiger partial charge in [-0.15, -0.1) is 0 Å². The Morgan fingerprint density at radius 3 is 2.87 bits per heavy atom. The van der Waals surface area contributed by atoms with Gasteiger partial charge in [0, 0.05) is 30.7 Å². The molecule has 1 aromatic heterocycles. The number of rotatable bonds is 3. The normalized spacial score (nSPS) is 18.3. The third-order valence-electron chi connectivity index (χ3n) is 3.10. The topological polar surface area (TPSA) is 45.8 Å². The van der Waals surface area contributed by atoms with E-state index in [1.54, 1.807) is 0 Å². The molecule has 0 amide bonds. The van der Waals surface area contributed by atoms with Crippen molar-refractivity contribution >= 4 is 5.78 Å². The molecule has 1 fully saturated rings. The molecule has 0 unspecified atom stereocenters. The average Bonchev–Trinajstić information content (AvgIpc) is 2.68. The van der Waals surface area contributed by atoms with E-state index in [0.717, 1.165) is 44.3 Å². The van der Waals surface area contributed by atoms with Crippen molar-refractivity contribution in [2.75, 3.05) is 0 Å². The molecule has 0 spiro atoms. The van der Waals surface area contributed by atoms with Crippen molar-refractivity contribution in [2.45, 2.75) is 51.4 Å². The molecule has 1 saturated carbocycles. The molecule has 0 atom stereocenters. The van der Waals surface area contributed by atoms with Crippen LogP contribution in [0.4, 0.5) is 0 Å². The number of carbonyl (C=O) groups is 1. The highest BCUT2D eigenvalue weighted by atomic mass is 16.1. The fourth-order valence-corrected chi connectivity index (χ4v) is 2.19. The smallest absolute Gasteiger partial charge is 0.132 e. The minimum absolute atomic E-state index is 0.409. The molecule has 0 aromatic carbocycles. The Morgan fingerprint density at radius 1 is 1.47 bits per heavy atom. The second kappa shape index (κ2) is 4.60. The number of aryl methyl sites for hydroxylation is 1. The summed E-state index contributed by atoms with van der Waals surface area (Å²) in [4.78, 5) is 18.9. The van der Waals surface area contributed by atoms with Crippen molar-refractivity contribution in [3.63, 3.8) is 0 Å². The van der Waals surface area contributed by atoms with Gasteiger partial charge in [-0.05, 0) is 19.3 Å². The van der Waals surface area contributed by atoms with Gasteiger partial charge in [0.05, 0.1) is 0 Å². The monoisotopic (exact) mass is 206 g/mol.